The van der Waals surface area contributed by atoms with E-state index in [4.69, 9.17) is 23.2 Å². The summed E-state index contributed by atoms with van der Waals surface area (Å²) in [6.45, 7) is -0.246. The Morgan fingerprint density at radius 1 is 1.16 bits per heavy atom. The van der Waals surface area contributed by atoms with E-state index in [2.05, 4.69) is 20.7 Å². The van der Waals surface area contributed by atoms with Crippen molar-refractivity contribution < 1.29 is 16.8 Å². The highest BCUT2D eigenvalue weighted by Gasteiger charge is 2.22. The molecule has 1 aromatic carbocycles. The minimum absolute atomic E-state index is 0.0498. The predicted octanol–water partition coefficient (Wildman–Crippen LogP) is 2.08. The third-order valence-corrected chi connectivity index (χ3v) is 5.78. The minimum atomic E-state index is -3.96. The van der Waals surface area contributed by atoms with Crippen molar-refractivity contribution in [1.82, 2.24) is 4.72 Å². The Balaban J connectivity index is 3.02. The van der Waals surface area contributed by atoms with Gasteiger partial charge in [0, 0.05) is 17.3 Å². The topological polar surface area (TPSA) is 80.3 Å². The molecule has 0 heterocycles. The van der Waals surface area contributed by atoms with Gasteiger partial charge in [-0.3, -0.25) is 0 Å². The van der Waals surface area contributed by atoms with Gasteiger partial charge in [-0.2, -0.15) is 0 Å². The van der Waals surface area contributed by atoms with E-state index in [1.54, 1.807) is 0 Å². The molecule has 0 unspecified atom stereocenters. The average molecular weight is 411 g/mol. The average Bonchev–Trinajstić information content (AvgIpc) is 2.11. The van der Waals surface area contributed by atoms with Crippen molar-refractivity contribution in [3.63, 3.8) is 0 Å². The van der Waals surface area contributed by atoms with Gasteiger partial charge in [-0.25, -0.2) is 21.6 Å². The number of nitrogens with one attached hydrogen (secondary N) is 1. The molecule has 108 valence electrons. The van der Waals surface area contributed by atoms with Crippen LogP contribution in [0.4, 0.5) is 0 Å². The van der Waals surface area contributed by atoms with E-state index in [-0.39, 0.29) is 27.2 Å². The molecule has 0 amide bonds. The van der Waals surface area contributed by atoms with E-state index in [9.17, 15) is 16.8 Å². The fourth-order valence-electron chi connectivity index (χ4n) is 1.22. The highest BCUT2D eigenvalue weighted by Crippen LogP contribution is 2.32. The van der Waals surface area contributed by atoms with Gasteiger partial charge in [-0.1, -0.05) is 39.1 Å². The molecule has 5 nitrogen and oxygen atoms in total. The quantitative estimate of drug-likeness (QED) is 0.805. The highest BCUT2D eigenvalue weighted by molar-refractivity contribution is 9.10. The Labute approximate surface area is 130 Å². The molecule has 0 aliphatic rings. The van der Waals surface area contributed by atoms with E-state index < -0.39 is 19.9 Å². The zero-order valence-electron chi connectivity index (χ0n) is 9.65. The van der Waals surface area contributed by atoms with Crippen LogP contribution in [0.3, 0.4) is 0 Å². The maximum Gasteiger partial charge on any atom is 0.243 e. The molecule has 0 spiro atoms. The van der Waals surface area contributed by atoms with Crippen molar-refractivity contribution in [2.45, 2.75) is 4.90 Å². The lowest BCUT2D eigenvalue weighted by Crippen LogP contribution is -2.29. The molecule has 10 heteroatoms. The first-order valence-corrected chi connectivity index (χ1v) is 9.94. The minimum Gasteiger partial charge on any atom is -0.229 e. The zero-order chi connectivity index (χ0) is 14.8. The van der Waals surface area contributed by atoms with Crippen molar-refractivity contribution in [3.05, 3.63) is 26.7 Å². The first kappa shape index (κ1) is 17.2. The Bertz CT molecular complexity index is 665. The SMILES string of the molecule is CS(=O)(=O)CCNS(=O)(=O)c1c(Cl)cc(Br)cc1Cl. The molecule has 0 fully saturated rings. The maximum absolute atomic E-state index is 12.0. The van der Waals surface area contributed by atoms with E-state index in [1.807, 2.05) is 0 Å². The molecular weight excluding hydrogens is 401 g/mol. The molecule has 0 aromatic heterocycles. The van der Waals surface area contributed by atoms with Crippen LogP contribution in [0, 0.1) is 0 Å². The number of hydrogen-bond donors (Lipinski definition) is 1. The summed E-state index contributed by atoms with van der Waals surface area (Å²) in [5.74, 6) is -0.308. The lowest BCUT2D eigenvalue weighted by molar-refractivity contribution is 0.582. The Hall–Kier alpha value is 0.140. The molecule has 1 N–H and O–H groups in total. The summed E-state index contributed by atoms with van der Waals surface area (Å²) in [5.41, 5.74) is 0. The van der Waals surface area contributed by atoms with Crippen LogP contribution in [0.5, 0.6) is 0 Å². The van der Waals surface area contributed by atoms with Crippen molar-refractivity contribution in [1.29, 1.82) is 0 Å². The second-order valence-electron chi connectivity index (χ2n) is 3.73. The standard InChI is InChI=1S/C9H10BrCl2NO4S2/c1-18(14,15)3-2-13-19(16,17)9-7(11)4-6(10)5-8(9)12/h4-5,13H,2-3H2,1H3. The summed E-state index contributed by atoms with van der Waals surface area (Å²) in [7, 11) is -7.22. The van der Waals surface area contributed by atoms with Crippen molar-refractivity contribution in [2.24, 2.45) is 0 Å². The van der Waals surface area contributed by atoms with E-state index in [0.29, 0.717) is 4.47 Å². The number of sulfone groups is 1. The van der Waals surface area contributed by atoms with Gasteiger partial charge in [0.25, 0.3) is 0 Å². The van der Waals surface area contributed by atoms with Gasteiger partial charge in [0.05, 0.1) is 15.8 Å². The fourth-order valence-corrected chi connectivity index (χ4v) is 4.79. The third kappa shape index (κ3) is 5.20. The van der Waals surface area contributed by atoms with E-state index in [1.165, 1.54) is 12.1 Å². The lowest BCUT2D eigenvalue weighted by atomic mass is 10.4. The molecule has 0 aliphatic heterocycles. The molecule has 0 atom stereocenters. The Morgan fingerprint density at radius 3 is 2.05 bits per heavy atom. The normalized spacial score (nSPS) is 12.6. The van der Waals surface area contributed by atoms with Gasteiger partial charge in [0.15, 0.2) is 0 Å². The number of sulfonamides is 1. The number of hydrogen-bond acceptors (Lipinski definition) is 4. The van der Waals surface area contributed by atoms with Crippen LogP contribution in [-0.4, -0.2) is 35.4 Å². The van der Waals surface area contributed by atoms with Crippen LogP contribution in [0.25, 0.3) is 0 Å². The third-order valence-electron chi connectivity index (χ3n) is 2.00. The van der Waals surface area contributed by atoms with Crippen LogP contribution >= 0.6 is 39.1 Å². The Kier molecular flexibility index (Phi) is 5.68. The van der Waals surface area contributed by atoms with Gasteiger partial charge in [-0.15, -0.1) is 0 Å². The molecule has 1 aromatic rings. The second kappa shape index (κ2) is 6.28. The molecule has 0 aliphatic carbocycles. The van der Waals surface area contributed by atoms with Crippen LogP contribution < -0.4 is 4.72 Å². The van der Waals surface area contributed by atoms with Gasteiger partial charge in [0.2, 0.25) is 10.0 Å². The number of benzene rings is 1. The van der Waals surface area contributed by atoms with Crippen LogP contribution in [0.1, 0.15) is 0 Å². The monoisotopic (exact) mass is 409 g/mol. The number of halogens is 3. The summed E-state index contributed by atoms with van der Waals surface area (Å²) in [4.78, 5) is -0.271. The van der Waals surface area contributed by atoms with Gasteiger partial charge >= 0.3 is 0 Å². The molecular formula is C9H10BrCl2NO4S2. The molecule has 19 heavy (non-hydrogen) atoms. The molecule has 0 bridgehead atoms. The van der Waals surface area contributed by atoms with Gasteiger partial charge in [-0.05, 0) is 12.1 Å². The van der Waals surface area contributed by atoms with Crippen LogP contribution in [0.2, 0.25) is 10.0 Å². The Morgan fingerprint density at radius 2 is 1.63 bits per heavy atom. The summed E-state index contributed by atoms with van der Waals surface area (Å²) in [6.07, 6.45) is 1.01. The fraction of sp³-hybridized carbons (Fsp3) is 0.333. The lowest BCUT2D eigenvalue weighted by Gasteiger charge is -2.10. The summed E-state index contributed by atoms with van der Waals surface area (Å²) < 4.78 is 48.5. The van der Waals surface area contributed by atoms with E-state index in [0.717, 1.165) is 6.26 Å². The van der Waals surface area contributed by atoms with Gasteiger partial charge < -0.3 is 0 Å². The summed E-state index contributed by atoms with van der Waals surface area (Å²) in [6, 6.07) is 2.77. The number of rotatable bonds is 5. The molecule has 0 radical (unpaired) electrons. The zero-order valence-corrected chi connectivity index (χ0v) is 14.4. The van der Waals surface area contributed by atoms with Gasteiger partial charge in [0.1, 0.15) is 14.7 Å². The molecule has 0 saturated heterocycles. The largest absolute Gasteiger partial charge is 0.243 e. The predicted molar refractivity (Wildman–Crippen MR) is 79.1 cm³/mol. The molecule has 0 saturated carbocycles. The van der Waals surface area contributed by atoms with Crippen molar-refractivity contribution in [3.8, 4) is 0 Å². The van der Waals surface area contributed by atoms with Crippen LogP contribution in [0.15, 0.2) is 21.5 Å². The van der Waals surface area contributed by atoms with Crippen molar-refractivity contribution >= 4 is 59.0 Å². The molecule has 1 rings (SSSR count). The first-order chi connectivity index (χ1) is 8.53. The maximum atomic E-state index is 12.0. The second-order valence-corrected chi connectivity index (χ2v) is 9.42. The highest BCUT2D eigenvalue weighted by atomic mass is 79.9. The van der Waals surface area contributed by atoms with E-state index >= 15 is 0 Å². The van der Waals surface area contributed by atoms with Crippen molar-refractivity contribution in [2.75, 3.05) is 18.6 Å². The smallest absolute Gasteiger partial charge is 0.229 e. The van der Waals surface area contributed by atoms with Crippen LogP contribution in [-0.2, 0) is 19.9 Å². The summed E-state index contributed by atoms with van der Waals surface area (Å²) >= 11 is 14.8. The first-order valence-electron chi connectivity index (χ1n) is 4.85. The summed E-state index contributed by atoms with van der Waals surface area (Å²) in [5, 5.41) is -0.0996.